The van der Waals surface area contributed by atoms with Crippen molar-refractivity contribution < 1.29 is 9.18 Å². The van der Waals surface area contributed by atoms with Crippen molar-refractivity contribution >= 4 is 16.7 Å². The monoisotopic (exact) mass is 367 g/mol. The summed E-state index contributed by atoms with van der Waals surface area (Å²) in [6.07, 6.45) is 0. The highest BCUT2D eigenvalue weighted by Crippen LogP contribution is 2.23. The average Bonchev–Trinajstić information content (AvgIpc) is 2.67. The molecule has 0 saturated heterocycles. The van der Waals surface area contributed by atoms with Crippen molar-refractivity contribution in [1.29, 1.82) is 0 Å². The van der Waals surface area contributed by atoms with Crippen molar-refractivity contribution in [2.45, 2.75) is 32.9 Å². The van der Waals surface area contributed by atoms with E-state index >= 15 is 0 Å². The number of nitrogens with zero attached hydrogens (tertiary/aromatic N) is 3. The Kier molecular flexibility index (Phi) is 5.08. The number of halogens is 1. The zero-order valence-electron chi connectivity index (χ0n) is 15.8. The van der Waals surface area contributed by atoms with Crippen molar-refractivity contribution in [3.63, 3.8) is 0 Å². The molecule has 6 heteroatoms. The van der Waals surface area contributed by atoms with E-state index in [9.17, 15) is 14.0 Å². The molecule has 0 N–H and O–H groups in total. The summed E-state index contributed by atoms with van der Waals surface area (Å²) < 4.78 is 14.5. The number of amides is 1. The molecule has 3 aromatic rings. The Hall–Kier alpha value is -3.02. The third kappa shape index (κ3) is 3.47. The minimum absolute atomic E-state index is 0.173. The minimum atomic E-state index is -0.323. The lowest BCUT2D eigenvalue weighted by molar-refractivity contribution is 0.0736. The molecule has 0 bridgehead atoms. The fourth-order valence-corrected chi connectivity index (χ4v) is 3.02. The molecule has 0 fully saturated rings. The number of carbonyl (C=O) groups excluding carboxylic acids is 1. The van der Waals surface area contributed by atoms with Gasteiger partial charge < -0.3 is 4.90 Å². The molecule has 1 aromatic heterocycles. The molecule has 3 rings (SSSR count). The first-order valence-electron chi connectivity index (χ1n) is 8.85. The maximum absolute atomic E-state index is 13.2. The van der Waals surface area contributed by atoms with Crippen molar-refractivity contribution in [2.75, 3.05) is 7.05 Å². The van der Waals surface area contributed by atoms with Crippen molar-refractivity contribution in [1.82, 2.24) is 14.7 Å². The van der Waals surface area contributed by atoms with Gasteiger partial charge >= 0.3 is 0 Å². The molecule has 0 aliphatic heterocycles. The first kappa shape index (κ1) is 18.8. The summed E-state index contributed by atoms with van der Waals surface area (Å²) >= 11 is 0. The first-order chi connectivity index (χ1) is 12.8. The normalized spacial score (nSPS) is 12.4. The van der Waals surface area contributed by atoms with Crippen LogP contribution < -0.4 is 5.56 Å². The van der Waals surface area contributed by atoms with Crippen molar-refractivity contribution in [3.05, 3.63) is 76.0 Å². The van der Waals surface area contributed by atoms with Crippen molar-refractivity contribution in [3.8, 4) is 0 Å². The van der Waals surface area contributed by atoms with Gasteiger partial charge in [-0.1, -0.05) is 30.3 Å². The van der Waals surface area contributed by atoms with E-state index in [0.717, 1.165) is 5.56 Å². The second-order valence-electron chi connectivity index (χ2n) is 6.88. The van der Waals surface area contributed by atoms with E-state index in [2.05, 4.69) is 5.10 Å². The molecule has 1 amide bonds. The van der Waals surface area contributed by atoms with Gasteiger partial charge in [0.2, 0.25) is 0 Å². The summed E-state index contributed by atoms with van der Waals surface area (Å²) in [7, 11) is 1.68. The number of rotatable bonds is 4. The number of carbonyl (C=O) groups is 1. The molecule has 1 heterocycles. The molecular weight excluding hydrogens is 345 g/mol. The lowest BCUT2D eigenvalue weighted by atomic mass is 10.1. The van der Waals surface area contributed by atoms with Gasteiger partial charge in [0, 0.05) is 12.4 Å². The third-order valence-corrected chi connectivity index (χ3v) is 4.77. The quantitative estimate of drug-likeness (QED) is 0.702. The molecule has 0 spiro atoms. The highest BCUT2D eigenvalue weighted by Gasteiger charge is 2.24. The van der Waals surface area contributed by atoms with Gasteiger partial charge in [-0.15, -0.1) is 0 Å². The molecule has 2 aromatic carbocycles. The van der Waals surface area contributed by atoms with Crippen LogP contribution in [0, 0.1) is 5.82 Å². The molecule has 0 aliphatic carbocycles. The number of benzene rings is 2. The second-order valence-corrected chi connectivity index (χ2v) is 6.88. The summed E-state index contributed by atoms with van der Waals surface area (Å²) in [4.78, 5) is 27.4. The zero-order chi connectivity index (χ0) is 19.7. The van der Waals surface area contributed by atoms with Gasteiger partial charge in [0.05, 0.1) is 17.5 Å². The second kappa shape index (κ2) is 7.31. The topological polar surface area (TPSA) is 55.2 Å². The van der Waals surface area contributed by atoms with Crippen LogP contribution in [0.15, 0.2) is 53.3 Å². The SMILES string of the molecule is CC(C)n1nc(C(=O)N(C)[C@@H](C)c2ccc(F)cc2)c2ccccc2c1=O. The van der Waals surface area contributed by atoms with Crippen LogP contribution in [0.5, 0.6) is 0 Å². The molecule has 1 atom stereocenters. The van der Waals surface area contributed by atoms with Crippen LogP contribution in [0.3, 0.4) is 0 Å². The molecular formula is C21H22FN3O2. The van der Waals surface area contributed by atoms with Gasteiger partial charge in [-0.3, -0.25) is 9.59 Å². The summed E-state index contributed by atoms with van der Waals surface area (Å²) in [5, 5.41) is 5.36. The maximum Gasteiger partial charge on any atom is 0.275 e. The average molecular weight is 367 g/mol. The summed E-state index contributed by atoms with van der Waals surface area (Å²) in [6.45, 7) is 5.57. The van der Waals surface area contributed by atoms with E-state index in [1.54, 1.807) is 48.3 Å². The summed E-state index contributed by atoms with van der Waals surface area (Å²) in [6, 6.07) is 12.6. The molecule has 0 aliphatic rings. The van der Waals surface area contributed by atoms with Crippen molar-refractivity contribution in [2.24, 2.45) is 0 Å². The number of aromatic nitrogens is 2. The summed E-state index contributed by atoms with van der Waals surface area (Å²) in [5.41, 5.74) is 0.829. The van der Waals surface area contributed by atoms with Crippen LogP contribution in [-0.4, -0.2) is 27.6 Å². The highest BCUT2D eigenvalue weighted by atomic mass is 19.1. The molecule has 0 unspecified atom stereocenters. The minimum Gasteiger partial charge on any atom is -0.334 e. The predicted octanol–water partition coefficient (Wildman–Crippen LogP) is 3.95. The third-order valence-electron chi connectivity index (χ3n) is 4.77. The fourth-order valence-electron chi connectivity index (χ4n) is 3.02. The lowest BCUT2D eigenvalue weighted by Crippen LogP contribution is -2.34. The molecule has 0 radical (unpaired) electrons. The molecule has 5 nitrogen and oxygen atoms in total. The standard InChI is InChI=1S/C21H22FN3O2/c1-13(2)25-20(26)18-8-6-5-7-17(18)19(23-25)21(27)24(4)14(3)15-9-11-16(22)12-10-15/h5-14H,1-4H3/t14-/m0/s1. The van der Waals surface area contributed by atoms with Crippen LogP contribution >= 0.6 is 0 Å². The Morgan fingerprint density at radius 3 is 2.22 bits per heavy atom. The van der Waals surface area contributed by atoms with E-state index in [0.29, 0.717) is 10.8 Å². The lowest BCUT2D eigenvalue weighted by Gasteiger charge is -2.26. The van der Waals surface area contributed by atoms with Crippen LogP contribution in [-0.2, 0) is 0 Å². The molecule has 27 heavy (non-hydrogen) atoms. The van der Waals surface area contributed by atoms with Gasteiger partial charge in [-0.2, -0.15) is 5.10 Å². The Balaban J connectivity index is 2.08. The first-order valence-corrected chi connectivity index (χ1v) is 8.85. The largest absolute Gasteiger partial charge is 0.334 e. The van der Waals surface area contributed by atoms with E-state index in [1.807, 2.05) is 20.8 Å². The summed E-state index contributed by atoms with van der Waals surface area (Å²) in [5.74, 6) is -0.617. The van der Waals surface area contributed by atoms with Crippen LogP contribution in [0.2, 0.25) is 0 Å². The van der Waals surface area contributed by atoms with Gasteiger partial charge in [-0.25, -0.2) is 9.07 Å². The fraction of sp³-hybridized carbons (Fsp3) is 0.286. The van der Waals surface area contributed by atoms with Gasteiger partial charge in [-0.05, 0) is 44.5 Å². The zero-order valence-corrected chi connectivity index (χ0v) is 15.8. The van der Waals surface area contributed by atoms with E-state index < -0.39 is 0 Å². The van der Waals surface area contributed by atoms with Crippen LogP contribution in [0.4, 0.5) is 4.39 Å². The maximum atomic E-state index is 13.2. The van der Waals surface area contributed by atoms with E-state index in [1.165, 1.54) is 16.8 Å². The van der Waals surface area contributed by atoms with Gasteiger partial charge in [0.15, 0.2) is 5.69 Å². The molecule has 0 saturated carbocycles. The Morgan fingerprint density at radius 1 is 1.04 bits per heavy atom. The number of hydrogen-bond donors (Lipinski definition) is 0. The van der Waals surface area contributed by atoms with Gasteiger partial charge in [0.25, 0.3) is 11.5 Å². The highest BCUT2D eigenvalue weighted by molar-refractivity contribution is 6.04. The predicted molar refractivity (Wildman–Crippen MR) is 103 cm³/mol. The smallest absolute Gasteiger partial charge is 0.275 e. The Bertz CT molecular complexity index is 1040. The van der Waals surface area contributed by atoms with Crippen LogP contribution in [0.1, 0.15) is 48.9 Å². The number of fused-ring (bicyclic) bond motifs is 1. The van der Waals surface area contributed by atoms with E-state index in [-0.39, 0.29) is 35.1 Å². The van der Waals surface area contributed by atoms with Crippen LogP contribution in [0.25, 0.3) is 10.8 Å². The van der Waals surface area contributed by atoms with Gasteiger partial charge in [0.1, 0.15) is 5.82 Å². The molecule has 140 valence electrons. The Labute approximate surface area is 157 Å². The number of hydrogen-bond acceptors (Lipinski definition) is 3. The van der Waals surface area contributed by atoms with E-state index in [4.69, 9.17) is 0 Å². The Morgan fingerprint density at radius 2 is 1.63 bits per heavy atom.